The van der Waals surface area contributed by atoms with E-state index in [1.165, 1.54) is 32.1 Å². The van der Waals surface area contributed by atoms with Gasteiger partial charge in [-0.3, -0.25) is 4.99 Å². The van der Waals surface area contributed by atoms with E-state index in [0.29, 0.717) is 18.4 Å². The van der Waals surface area contributed by atoms with Gasteiger partial charge in [-0.05, 0) is 12.8 Å². The Morgan fingerprint density at radius 1 is 1.47 bits per heavy atom. The smallest absolute Gasteiger partial charge is 0.216 e. The maximum absolute atomic E-state index is 6.02. The molecule has 1 fully saturated rings. The monoisotopic (exact) mass is 235 g/mol. The van der Waals surface area contributed by atoms with Crippen molar-refractivity contribution in [3.05, 3.63) is 17.8 Å². The minimum atomic E-state index is 0.475. The molecule has 0 aliphatic heterocycles. The van der Waals surface area contributed by atoms with Crippen LogP contribution in [0.2, 0.25) is 0 Å². The van der Waals surface area contributed by atoms with Crippen molar-refractivity contribution < 1.29 is 4.42 Å². The topological polar surface area (TPSA) is 64.4 Å². The largest absolute Gasteiger partial charge is 0.444 e. The predicted octanol–water partition coefficient (Wildman–Crippen LogP) is 2.67. The molecule has 0 saturated heterocycles. The van der Waals surface area contributed by atoms with Crippen LogP contribution in [0.1, 0.15) is 50.7 Å². The van der Waals surface area contributed by atoms with Gasteiger partial charge in [-0.1, -0.05) is 26.2 Å². The van der Waals surface area contributed by atoms with E-state index in [1.807, 2.05) is 6.92 Å². The summed E-state index contributed by atoms with van der Waals surface area (Å²) >= 11 is 0. The first-order chi connectivity index (χ1) is 8.29. The van der Waals surface area contributed by atoms with Gasteiger partial charge in [0.05, 0.1) is 12.0 Å². The molecule has 4 nitrogen and oxygen atoms in total. The van der Waals surface area contributed by atoms with Gasteiger partial charge in [0.1, 0.15) is 12.3 Å². The maximum atomic E-state index is 6.02. The Morgan fingerprint density at radius 2 is 2.24 bits per heavy atom. The highest BCUT2D eigenvalue weighted by Gasteiger charge is 2.16. The standard InChI is InChI=1S/C13H21N3O/c1-2-11-8-15-12(17-11)9-16-13(14)10-6-4-3-5-7-10/h8,10H,2-7,9H2,1H3,(H2,14,16). The lowest BCUT2D eigenvalue weighted by molar-refractivity contribution is 0.433. The first-order valence-corrected chi connectivity index (χ1v) is 6.53. The van der Waals surface area contributed by atoms with Gasteiger partial charge in [-0.15, -0.1) is 0 Å². The molecule has 1 saturated carbocycles. The maximum Gasteiger partial charge on any atom is 0.216 e. The minimum absolute atomic E-state index is 0.475. The zero-order valence-electron chi connectivity index (χ0n) is 10.5. The first kappa shape index (κ1) is 12.1. The quantitative estimate of drug-likeness (QED) is 0.644. The Bertz CT molecular complexity index is 378. The number of aryl methyl sites for hydroxylation is 1. The summed E-state index contributed by atoms with van der Waals surface area (Å²) in [4.78, 5) is 8.58. The number of nitrogens with zero attached hydrogens (tertiary/aromatic N) is 2. The number of aliphatic imine (C=N–C) groups is 1. The van der Waals surface area contributed by atoms with Gasteiger partial charge in [0, 0.05) is 12.3 Å². The van der Waals surface area contributed by atoms with E-state index in [0.717, 1.165) is 18.0 Å². The molecule has 0 bridgehead atoms. The zero-order valence-corrected chi connectivity index (χ0v) is 10.5. The molecule has 0 spiro atoms. The van der Waals surface area contributed by atoms with Gasteiger partial charge in [0.25, 0.3) is 0 Å². The van der Waals surface area contributed by atoms with Crippen LogP contribution < -0.4 is 5.73 Å². The van der Waals surface area contributed by atoms with Crippen molar-refractivity contribution in [1.82, 2.24) is 4.98 Å². The third kappa shape index (κ3) is 3.32. The third-order valence-electron chi connectivity index (χ3n) is 3.37. The second-order valence-corrected chi connectivity index (χ2v) is 4.65. The van der Waals surface area contributed by atoms with Crippen molar-refractivity contribution in [2.24, 2.45) is 16.6 Å². The SMILES string of the molecule is CCc1cnc(CN=C(N)C2CCCCC2)o1. The molecule has 0 atom stereocenters. The van der Waals surface area contributed by atoms with Crippen molar-refractivity contribution in [3.63, 3.8) is 0 Å². The van der Waals surface area contributed by atoms with E-state index >= 15 is 0 Å². The van der Waals surface area contributed by atoms with E-state index < -0.39 is 0 Å². The van der Waals surface area contributed by atoms with Crippen LogP contribution in [0, 0.1) is 5.92 Å². The van der Waals surface area contributed by atoms with Crippen LogP contribution in [0.4, 0.5) is 0 Å². The lowest BCUT2D eigenvalue weighted by Crippen LogP contribution is -2.25. The highest BCUT2D eigenvalue weighted by molar-refractivity contribution is 5.82. The predicted molar refractivity (Wildman–Crippen MR) is 67.8 cm³/mol. The normalized spacial score (nSPS) is 18.5. The van der Waals surface area contributed by atoms with Gasteiger partial charge >= 0.3 is 0 Å². The van der Waals surface area contributed by atoms with Crippen LogP contribution >= 0.6 is 0 Å². The van der Waals surface area contributed by atoms with E-state index in [4.69, 9.17) is 10.2 Å². The molecule has 0 amide bonds. The Hall–Kier alpha value is -1.32. The summed E-state index contributed by atoms with van der Waals surface area (Å²) in [6.07, 6.45) is 8.89. The molecular weight excluding hydrogens is 214 g/mol. The number of aromatic nitrogens is 1. The van der Waals surface area contributed by atoms with Crippen LogP contribution in [-0.2, 0) is 13.0 Å². The average Bonchev–Trinajstić information content (AvgIpc) is 2.85. The molecule has 1 aliphatic rings. The number of nitrogens with two attached hydrogens (primary N) is 1. The number of amidine groups is 1. The number of rotatable bonds is 4. The fraction of sp³-hybridized carbons (Fsp3) is 0.692. The van der Waals surface area contributed by atoms with Gasteiger partial charge in [0.2, 0.25) is 5.89 Å². The molecular formula is C13H21N3O. The number of hydrogen-bond donors (Lipinski definition) is 1. The lowest BCUT2D eigenvalue weighted by Gasteiger charge is -2.20. The van der Waals surface area contributed by atoms with E-state index in [9.17, 15) is 0 Å². The highest BCUT2D eigenvalue weighted by atomic mass is 16.4. The van der Waals surface area contributed by atoms with E-state index in [1.54, 1.807) is 6.20 Å². The Balaban J connectivity index is 1.90. The number of hydrogen-bond acceptors (Lipinski definition) is 3. The summed E-state index contributed by atoms with van der Waals surface area (Å²) in [6, 6.07) is 0. The fourth-order valence-electron chi connectivity index (χ4n) is 2.27. The summed E-state index contributed by atoms with van der Waals surface area (Å²) in [5.74, 6) is 2.83. The van der Waals surface area contributed by atoms with Crippen molar-refractivity contribution in [2.75, 3.05) is 0 Å². The second kappa shape index (κ2) is 5.84. The van der Waals surface area contributed by atoms with Crippen molar-refractivity contribution in [1.29, 1.82) is 0 Å². The van der Waals surface area contributed by atoms with Crippen LogP contribution in [0.15, 0.2) is 15.6 Å². The number of oxazole rings is 1. The van der Waals surface area contributed by atoms with E-state index in [2.05, 4.69) is 9.98 Å². The highest BCUT2D eigenvalue weighted by Crippen LogP contribution is 2.23. The molecule has 0 radical (unpaired) electrons. The Kier molecular flexibility index (Phi) is 4.18. The molecule has 0 aromatic carbocycles. The molecule has 4 heteroatoms. The fourth-order valence-corrected chi connectivity index (χ4v) is 2.27. The summed E-state index contributed by atoms with van der Waals surface area (Å²) in [5.41, 5.74) is 6.02. The molecule has 1 aromatic rings. The Labute approximate surface area is 102 Å². The Morgan fingerprint density at radius 3 is 2.88 bits per heavy atom. The molecule has 1 aromatic heterocycles. The third-order valence-corrected chi connectivity index (χ3v) is 3.37. The second-order valence-electron chi connectivity index (χ2n) is 4.65. The molecule has 2 N–H and O–H groups in total. The molecule has 0 unspecified atom stereocenters. The van der Waals surface area contributed by atoms with Crippen molar-refractivity contribution in [3.8, 4) is 0 Å². The molecule has 17 heavy (non-hydrogen) atoms. The van der Waals surface area contributed by atoms with Crippen LogP contribution in [0.5, 0.6) is 0 Å². The van der Waals surface area contributed by atoms with Crippen LogP contribution in [0.25, 0.3) is 0 Å². The van der Waals surface area contributed by atoms with Gasteiger partial charge in [-0.2, -0.15) is 0 Å². The average molecular weight is 235 g/mol. The summed E-state index contributed by atoms with van der Waals surface area (Å²) in [6.45, 7) is 2.52. The first-order valence-electron chi connectivity index (χ1n) is 6.53. The summed E-state index contributed by atoms with van der Waals surface area (Å²) in [5, 5.41) is 0. The molecule has 2 rings (SSSR count). The molecule has 1 heterocycles. The molecule has 1 aliphatic carbocycles. The van der Waals surface area contributed by atoms with Gasteiger partial charge in [-0.25, -0.2) is 4.98 Å². The van der Waals surface area contributed by atoms with Crippen LogP contribution in [-0.4, -0.2) is 10.8 Å². The summed E-state index contributed by atoms with van der Waals surface area (Å²) in [7, 11) is 0. The van der Waals surface area contributed by atoms with Crippen LogP contribution in [0.3, 0.4) is 0 Å². The van der Waals surface area contributed by atoms with Gasteiger partial charge in [0.15, 0.2) is 0 Å². The van der Waals surface area contributed by atoms with Crippen molar-refractivity contribution in [2.45, 2.75) is 52.0 Å². The molecule has 94 valence electrons. The van der Waals surface area contributed by atoms with Crippen molar-refractivity contribution >= 4 is 5.84 Å². The van der Waals surface area contributed by atoms with E-state index in [-0.39, 0.29) is 0 Å². The summed E-state index contributed by atoms with van der Waals surface area (Å²) < 4.78 is 5.50. The minimum Gasteiger partial charge on any atom is -0.444 e. The zero-order chi connectivity index (χ0) is 12.1. The van der Waals surface area contributed by atoms with Gasteiger partial charge < -0.3 is 10.2 Å². The lowest BCUT2D eigenvalue weighted by atomic mass is 9.88.